The van der Waals surface area contributed by atoms with Crippen LogP contribution >= 0.6 is 90.7 Å². The van der Waals surface area contributed by atoms with Crippen molar-refractivity contribution in [1.29, 1.82) is 0 Å². The van der Waals surface area contributed by atoms with Crippen LogP contribution in [0.1, 0.15) is 90.2 Å². The number of hydrogen-bond donors (Lipinski definition) is 0. The van der Waals surface area contributed by atoms with Crippen molar-refractivity contribution in [3.8, 4) is 59.9 Å². The van der Waals surface area contributed by atoms with E-state index in [-0.39, 0.29) is 34.3 Å². The third-order valence-corrected chi connectivity index (χ3v) is 24.4. The minimum atomic E-state index is -0.306. The van der Waals surface area contributed by atoms with Gasteiger partial charge in [0.1, 0.15) is 0 Å². The molecule has 0 spiro atoms. The van der Waals surface area contributed by atoms with Gasteiger partial charge >= 0.3 is 0 Å². The summed E-state index contributed by atoms with van der Waals surface area (Å²) in [6.07, 6.45) is 8.48. The van der Waals surface area contributed by atoms with Crippen molar-refractivity contribution in [3.05, 3.63) is 185 Å². The molecule has 0 radical (unpaired) electrons. The van der Waals surface area contributed by atoms with Gasteiger partial charge in [0.05, 0.1) is 11.1 Å². The van der Waals surface area contributed by atoms with Gasteiger partial charge in [-0.05, 0) is 147 Å². The number of hydrogen-bond acceptors (Lipinski definition) is 12. The molecule has 0 amide bonds. The van der Waals surface area contributed by atoms with Gasteiger partial charge in [0.15, 0.2) is 23.1 Å². The molecule has 0 unspecified atom stereocenters. The van der Waals surface area contributed by atoms with Crippen LogP contribution in [0.25, 0.3) is 92.2 Å². The molecule has 0 bridgehead atoms. The molecule has 0 saturated heterocycles. The first-order valence-corrected chi connectivity index (χ1v) is 32.4. The van der Waals surface area contributed by atoms with E-state index in [1.54, 1.807) is 47.0 Å². The average Bonchev–Trinajstić information content (AvgIpc) is 4.39. The van der Waals surface area contributed by atoms with E-state index < -0.39 is 0 Å². The molecule has 0 fully saturated rings. The molecule has 0 atom stereocenters. The highest BCUT2D eigenvalue weighted by Gasteiger charge is 2.35. The third-order valence-electron chi connectivity index (χ3n) is 14.3. The Hall–Kier alpha value is -6.06. The Kier molecular flexibility index (Phi) is 13.9. The van der Waals surface area contributed by atoms with Crippen molar-refractivity contribution in [2.24, 2.45) is 11.8 Å². The van der Waals surface area contributed by atoms with Gasteiger partial charge in [-0.3, -0.25) is 19.2 Å². The SMILES string of the molecule is C=CC1=C(C=C)C(=O)C(=Cc2cc(C)c(-c3cc(C)c(-c4cc5c(-c6ccc(CC(C)C)s6)c6sc(-c7sc(-c8sc(C=C9C(=O)c%10ccccc%10C9=O)cc8C)cc7C)cc6c(-c6ccc(CC(C)C)s6)c5s4)s3)s2)C1=O. The summed E-state index contributed by atoms with van der Waals surface area (Å²) in [6, 6.07) is 30.2. The number of allylic oxidation sites excluding steroid dienone is 6. The van der Waals surface area contributed by atoms with E-state index in [4.69, 9.17) is 0 Å². The zero-order chi connectivity index (χ0) is 54.6. The van der Waals surface area contributed by atoms with Crippen LogP contribution in [0.4, 0.5) is 0 Å². The van der Waals surface area contributed by atoms with Crippen molar-refractivity contribution in [3.63, 3.8) is 0 Å². The summed E-state index contributed by atoms with van der Waals surface area (Å²) in [6.45, 7) is 25.4. The van der Waals surface area contributed by atoms with E-state index in [2.05, 4.69) is 129 Å². The van der Waals surface area contributed by atoms with Crippen molar-refractivity contribution in [2.75, 3.05) is 0 Å². The van der Waals surface area contributed by atoms with Crippen LogP contribution in [0.15, 0.2) is 133 Å². The number of ketones is 4. The minimum Gasteiger partial charge on any atom is -0.288 e. The number of fused-ring (bicyclic) bond motifs is 3. The lowest BCUT2D eigenvalue weighted by atomic mass is 9.99. The molecule has 388 valence electrons. The summed E-state index contributed by atoms with van der Waals surface area (Å²) in [5.74, 6) is 0.0513. The predicted molar refractivity (Wildman–Crippen MR) is 342 cm³/mol. The average molecular weight is 1170 g/mol. The third kappa shape index (κ3) is 9.12. The van der Waals surface area contributed by atoms with E-state index in [0.717, 1.165) is 48.4 Å². The highest BCUT2D eigenvalue weighted by atomic mass is 32.1. The Morgan fingerprint density at radius 2 is 0.795 bits per heavy atom. The number of carbonyl (C=O) groups excluding carboxylic acids is 4. The fourth-order valence-corrected chi connectivity index (χ4v) is 21.1. The first-order valence-electron chi connectivity index (χ1n) is 25.8. The summed E-state index contributed by atoms with van der Waals surface area (Å²) < 4.78 is 2.59. The number of rotatable bonds is 14. The monoisotopic (exact) mass is 1160 g/mol. The van der Waals surface area contributed by atoms with Crippen LogP contribution in [-0.4, -0.2) is 23.1 Å². The Morgan fingerprint density at radius 1 is 0.423 bits per heavy atom. The summed E-state index contributed by atoms with van der Waals surface area (Å²) in [5.41, 5.74) is 9.21. The van der Waals surface area contributed by atoms with Gasteiger partial charge in [0, 0.05) is 122 Å². The molecule has 0 saturated carbocycles. The standard InChI is InChI=1S/C66H52O4S8/c1-11-41-42(12-2)58(68)47(57(41)67)27-39-23-33(7)61(73-39)51-25-35(9)63(75-51)53-29-45-55(49-19-17-37(71-49)21-31(3)4)66-46(56(65(45)77-53)50-20-18-38(72-50)22-32(5)6)30-54(78-66)64-36(10)26-52(76-64)62-34(8)24-40(74-62)28-48-59(69)43-15-13-14-16-44(43)60(48)70/h11-20,23-32H,1-2,21-22H2,3-10H3. The van der Waals surface area contributed by atoms with E-state index in [1.807, 2.05) is 80.2 Å². The Labute approximate surface area is 486 Å². The van der Waals surface area contributed by atoms with Crippen molar-refractivity contribution in [1.82, 2.24) is 0 Å². The van der Waals surface area contributed by atoms with Gasteiger partial charge in [0.25, 0.3) is 0 Å². The van der Waals surface area contributed by atoms with Crippen LogP contribution in [0.3, 0.4) is 0 Å². The summed E-state index contributed by atoms with van der Waals surface area (Å²) in [4.78, 5) is 70.0. The fraction of sp³-hybridized carbons (Fsp3) is 0.182. The second-order valence-corrected chi connectivity index (χ2v) is 29.7. The van der Waals surface area contributed by atoms with E-state index in [9.17, 15) is 19.2 Å². The number of thiophene rings is 8. The molecule has 2 aliphatic carbocycles. The number of benzene rings is 2. The van der Waals surface area contributed by atoms with Crippen LogP contribution in [0.5, 0.6) is 0 Å². The highest BCUT2D eigenvalue weighted by molar-refractivity contribution is 7.31. The Bertz CT molecular complexity index is 4150. The predicted octanol–water partition coefficient (Wildman–Crippen LogP) is 20.8. The zero-order valence-corrected chi connectivity index (χ0v) is 50.8. The van der Waals surface area contributed by atoms with Crippen LogP contribution < -0.4 is 0 Å². The second kappa shape index (κ2) is 20.6. The zero-order valence-electron chi connectivity index (χ0n) is 44.3. The molecule has 2 aliphatic rings. The molecule has 78 heavy (non-hydrogen) atoms. The van der Waals surface area contributed by atoms with Gasteiger partial charge in [-0.15, -0.1) is 90.7 Å². The number of aryl methyl sites for hydroxylation is 4. The maximum absolute atomic E-state index is 13.4. The smallest absolute Gasteiger partial charge is 0.197 e. The number of Topliss-reactive ketones (excluding diaryl/α,β-unsaturated/α-hetero) is 4. The maximum Gasteiger partial charge on any atom is 0.197 e. The Balaban J connectivity index is 0.989. The molecular formula is C66H52O4S8. The van der Waals surface area contributed by atoms with E-state index in [1.165, 1.54) is 98.5 Å². The first-order chi connectivity index (χ1) is 37.5. The molecule has 0 N–H and O–H groups in total. The summed E-state index contributed by atoms with van der Waals surface area (Å²) in [5, 5.41) is 2.55. The quantitative estimate of drug-likeness (QED) is 0.0804. The largest absolute Gasteiger partial charge is 0.288 e. The topological polar surface area (TPSA) is 68.3 Å². The lowest BCUT2D eigenvalue weighted by Gasteiger charge is -2.10. The molecular weight excluding hydrogens is 1110 g/mol. The normalized spacial score (nSPS) is 13.8. The van der Waals surface area contributed by atoms with Crippen LogP contribution in [0, 0.1) is 39.5 Å². The van der Waals surface area contributed by atoms with Gasteiger partial charge in [0.2, 0.25) is 0 Å². The molecule has 12 heteroatoms. The number of carbonyl (C=O) groups is 4. The van der Waals surface area contributed by atoms with Crippen molar-refractivity contribution in [2.45, 2.75) is 68.2 Å². The van der Waals surface area contributed by atoms with Gasteiger partial charge in [-0.1, -0.05) is 77.3 Å². The van der Waals surface area contributed by atoms with Crippen molar-refractivity contribution < 1.29 is 19.2 Å². The first kappa shape index (κ1) is 52.6. The molecule has 2 aromatic carbocycles. The summed E-state index contributed by atoms with van der Waals surface area (Å²) >= 11 is 14.5. The lowest BCUT2D eigenvalue weighted by molar-refractivity contribution is -0.115. The van der Waals surface area contributed by atoms with Gasteiger partial charge < -0.3 is 0 Å². The van der Waals surface area contributed by atoms with Gasteiger partial charge in [-0.2, -0.15) is 0 Å². The fourth-order valence-electron chi connectivity index (χ4n) is 10.7. The molecule has 8 aromatic heterocycles. The van der Waals surface area contributed by atoms with E-state index >= 15 is 0 Å². The molecule has 0 aliphatic heterocycles. The molecule has 10 aromatic rings. The highest BCUT2D eigenvalue weighted by Crippen LogP contribution is 2.57. The van der Waals surface area contributed by atoms with Gasteiger partial charge in [-0.25, -0.2) is 0 Å². The molecule has 4 nitrogen and oxygen atoms in total. The van der Waals surface area contributed by atoms with E-state index in [0.29, 0.717) is 34.1 Å². The van der Waals surface area contributed by atoms with Crippen LogP contribution in [0.2, 0.25) is 0 Å². The molecule has 12 rings (SSSR count). The molecule has 8 heterocycles. The minimum absolute atomic E-state index is 0.155. The lowest BCUT2D eigenvalue weighted by Crippen LogP contribution is -2.03. The Morgan fingerprint density at radius 3 is 1.19 bits per heavy atom. The summed E-state index contributed by atoms with van der Waals surface area (Å²) in [7, 11) is 0. The second-order valence-electron chi connectivity index (χ2n) is 21.0. The maximum atomic E-state index is 13.4. The van der Waals surface area contributed by atoms with Crippen molar-refractivity contribution >= 4 is 146 Å². The van der Waals surface area contributed by atoms with Crippen LogP contribution in [-0.2, 0) is 22.4 Å².